The van der Waals surface area contributed by atoms with Gasteiger partial charge in [0.1, 0.15) is 5.82 Å². The number of fused-ring (bicyclic) bond motifs is 1. The van der Waals surface area contributed by atoms with Crippen molar-refractivity contribution in [3.05, 3.63) is 30.1 Å². The standard InChI is InChI=1S/C10H10F2N2/c1-14-8-5-3-2-4-7(8)13-10(14)6-9(11)12/h2-5,9H,6H2,1H3. The highest BCUT2D eigenvalue weighted by Crippen LogP contribution is 2.15. The molecule has 0 aliphatic carbocycles. The van der Waals surface area contributed by atoms with Crippen LogP contribution in [0.4, 0.5) is 8.78 Å². The van der Waals surface area contributed by atoms with Crippen molar-refractivity contribution in [1.29, 1.82) is 0 Å². The summed E-state index contributed by atoms with van der Waals surface area (Å²) in [7, 11) is 1.76. The Balaban J connectivity index is 2.51. The molecule has 0 atom stereocenters. The predicted octanol–water partition coefficient (Wildman–Crippen LogP) is 2.38. The highest BCUT2D eigenvalue weighted by atomic mass is 19.3. The number of imidazole rings is 1. The van der Waals surface area contributed by atoms with E-state index in [0.717, 1.165) is 11.0 Å². The van der Waals surface area contributed by atoms with E-state index in [-0.39, 0.29) is 6.42 Å². The summed E-state index contributed by atoms with van der Waals surface area (Å²) in [5.41, 5.74) is 1.66. The van der Waals surface area contributed by atoms with Gasteiger partial charge in [-0.15, -0.1) is 0 Å². The lowest BCUT2D eigenvalue weighted by molar-refractivity contribution is 0.145. The Labute approximate surface area is 80.2 Å². The number of hydrogen-bond acceptors (Lipinski definition) is 1. The molecule has 0 N–H and O–H groups in total. The van der Waals surface area contributed by atoms with E-state index in [9.17, 15) is 8.78 Å². The molecule has 0 saturated heterocycles. The van der Waals surface area contributed by atoms with Crippen LogP contribution >= 0.6 is 0 Å². The number of halogens is 2. The van der Waals surface area contributed by atoms with E-state index in [1.165, 1.54) is 0 Å². The lowest BCUT2D eigenvalue weighted by Crippen LogP contribution is -2.04. The first-order valence-corrected chi connectivity index (χ1v) is 4.37. The Hall–Kier alpha value is -1.45. The van der Waals surface area contributed by atoms with Gasteiger partial charge in [0.25, 0.3) is 0 Å². The van der Waals surface area contributed by atoms with Gasteiger partial charge in [0.2, 0.25) is 6.43 Å². The van der Waals surface area contributed by atoms with Crippen molar-refractivity contribution in [3.63, 3.8) is 0 Å². The van der Waals surface area contributed by atoms with Crippen LogP contribution in [-0.4, -0.2) is 16.0 Å². The van der Waals surface area contributed by atoms with E-state index in [1.807, 2.05) is 24.3 Å². The summed E-state index contributed by atoms with van der Waals surface area (Å²) in [5, 5.41) is 0. The van der Waals surface area contributed by atoms with Crippen molar-refractivity contribution in [3.8, 4) is 0 Å². The fraction of sp³-hybridized carbons (Fsp3) is 0.300. The zero-order valence-corrected chi connectivity index (χ0v) is 7.74. The van der Waals surface area contributed by atoms with Crippen LogP contribution < -0.4 is 0 Å². The van der Waals surface area contributed by atoms with Gasteiger partial charge in [-0.3, -0.25) is 0 Å². The maximum Gasteiger partial charge on any atom is 0.245 e. The van der Waals surface area contributed by atoms with E-state index in [1.54, 1.807) is 11.6 Å². The van der Waals surface area contributed by atoms with Gasteiger partial charge >= 0.3 is 0 Å². The van der Waals surface area contributed by atoms with Crippen LogP contribution in [0.15, 0.2) is 24.3 Å². The molecule has 4 heteroatoms. The Bertz CT molecular complexity index is 448. The summed E-state index contributed by atoms with van der Waals surface area (Å²) in [6.45, 7) is 0. The number of aromatic nitrogens is 2. The van der Waals surface area contributed by atoms with Crippen molar-refractivity contribution in [2.24, 2.45) is 7.05 Å². The van der Waals surface area contributed by atoms with Crippen LogP contribution in [0, 0.1) is 0 Å². The second-order valence-corrected chi connectivity index (χ2v) is 3.17. The molecule has 2 nitrogen and oxygen atoms in total. The van der Waals surface area contributed by atoms with Gasteiger partial charge in [0, 0.05) is 7.05 Å². The molecule has 0 aliphatic rings. The van der Waals surface area contributed by atoms with E-state index in [0.29, 0.717) is 5.82 Å². The number of alkyl halides is 2. The van der Waals surface area contributed by atoms with Crippen LogP contribution in [-0.2, 0) is 13.5 Å². The monoisotopic (exact) mass is 196 g/mol. The Morgan fingerprint density at radius 3 is 2.71 bits per heavy atom. The lowest BCUT2D eigenvalue weighted by atomic mass is 10.3. The zero-order valence-electron chi connectivity index (χ0n) is 7.74. The van der Waals surface area contributed by atoms with Crippen LogP contribution in [0.1, 0.15) is 5.82 Å². The largest absolute Gasteiger partial charge is 0.331 e. The molecule has 0 fully saturated rings. The molecular formula is C10H10F2N2. The van der Waals surface area contributed by atoms with E-state index < -0.39 is 6.43 Å². The molecule has 2 aromatic rings. The quantitative estimate of drug-likeness (QED) is 0.721. The number of nitrogens with zero attached hydrogens (tertiary/aromatic N) is 2. The van der Waals surface area contributed by atoms with E-state index in [4.69, 9.17) is 0 Å². The maximum absolute atomic E-state index is 12.2. The predicted molar refractivity (Wildman–Crippen MR) is 50.4 cm³/mol. The molecule has 14 heavy (non-hydrogen) atoms. The summed E-state index contributed by atoms with van der Waals surface area (Å²) >= 11 is 0. The molecule has 0 amide bonds. The zero-order chi connectivity index (χ0) is 10.1. The molecule has 1 aromatic carbocycles. The number of rotatable bonds is 2. The summed E-state index contributed by atoms with van der Waals surface area (Å²) in [6.07, 6.45) is -2.63. The third-order valence-electron chi connectivity index (χ3n) is 2.22. The number of aryl methyl sites for hydroxylation is 1. The summed E-state index contributed by atoms with van der Waals surface area (Å²) in [5.74, 6) is 0.432. The van der Waals surface area contributed by atoms with Gasteiger partial charge in [-0.1, -0.05) is 12.1 Å². The van der Waals surface area contributed by atoms with Crippen LogP contribution in [0.25, 0.3) is 11.0 Å². The van der Waals surface area contributed by atoms with Gasteiger partial charge in [0.05, 0.1) is 17.5 Å². The molecule has 1 heterocycles. The molecule has 0 unspecified atom stereocenters. The third kappa shape index (κ3) is 1.47. The average molecular weight is 196 g/mol. The Kier molecular flexibility index (Phi) is 2.19. The molecule has 1 aromatic heterocycles. The second kappa shape index (κ2) is 3.36. The highest BCUT2D eigenvalue weighted by Gasteiger charge is 2.11. The maximum atomic E-state index is 12.2. The summed E-state index contributed by atoms with van der Waals surface area (Å²) in [4.78, 5) is 4.14. The molecule has 0 radical (unpaired) electrons. The van der Waals surface area contributed by atoms with Crippen molar-refractivity contribution in [1.82, 2.24) is 9.55 Å². The Morgan fingerprint density at radius 2 is 2.07 bits per heavy atom. The minimum atomic E-state index is -2.34. The normalized spacial score (nSPS) is 11.4. The molecule has 0 saturated carbocycles. The first-order chi connectivity index (χ1) is 6.68. The minimum Gasteiger partial charge on any atom is -0.331 e. The fourth-order valence-electron chi connectivity index (χ4n) is 1.52. The third-order valence-corrected chi connectivity index (χ3v) is 2.22. The SMILES string of the molecule is Cn1c(CC(F)F)nc2ccccc21. The summed E-state index contributed by atoms with van der Waals surface area (Å²) in [6, 6.07) is 7.42. The molecule has 2 rings (SSSR count). The van der Waals surface area contributed by atoms with Crippen molar-refractivity contribution in [2.75, 3.05) is 0 Å². The van der Waals surface area contributed by atoms with Crippen LogP contribution in [0.5, 0.6) is 0 Å². The smallest absolute Gasteiger partial charge is 0.245 e. The Morgan fingerprint density at radius 1 is 1.36 bits per heavy atom. The van der Waals surface area contributed by atoms with Gasteiger partial charge in [-0.05, 0) is 12.1 Å². The van der Waals surface area contributed by atoms with Crippen molar-refractivity contribution >= 4 is 11.0 Å². The molecule has 0 spiro atoms. The van der Waals surface area contributed by atoms with Crippen LogP contribution in [0.3, 0.4) is 0 Å². The van der Waals surface area contributed by atoms with Gasteiger partial charge in [0.15, 0.2) is 0 Å². The topological polar surface area (TPSA) is 17.8 Å². The van der Waals surface area contributed by atoms with Crippen molar-refractivity contribution < 1.29 is 8.78 Å². The minimum absolute atomic E-state index is 0.287. The summed E-state index contributed by atoms with van der Waals surface area (Å²) < 4.78 is 26.1. The number of hydrogen-bond donors (Lipinski definition) is 0. The highest BCUT2D eigenvalue weighted by molar-refractivity contribution is 5.75. The first-order valence-electron chi connectivity index (χ1n) is 4.37. The number of para-hydroxylation sites is 2. The van der Waals surface area contributed by atoms with Gasteiger partial charge < -0.3 is 4.57 Å². The van der Waals surface area contributed by atoms with Crippen molar-refractivity contribution in [2.45, 2.75) is 12.8 Å². The number of benzene rings is 1. The molecule has 0 aliphatic heterocycles. The lowest BCUT2D eigenvalue weighted by Gasteiger charge is -2.00. The second-order valence-electron chi connectivity index (χ2n) is 3.17. The van der Waals surface area contributed by atoms with Crippen LogP contribution in [0.2, 0.25) is 0 Å². The molecule has 0 bridgehead atoms. The first kappa shape index (κ1) is 9.12. The fourth-order valence-corrected chi connectivity index (χ4v) is 1.52. The van der Waals surface area contributed by atoms with E-state index >= 15 is 0 Å². The average Bonchev–Trinajstić information content (AvgIpc) is 2.44. The van der Waals surface area contributed by atoms with Gasteiger partial charge in [-0.2, -0.15) is 0 Å². The van der Waals surface area contributed by atoms with Gasteiger partial charge in [-0.25, -0.2) is 13.8 Å². The molecular weight excluding hydrogens is 186 g/mol. The van der Waals surface area contributed by atoms with E-state index in [2.05, 4.69) is 4.98 Å². The molecule has 74 valence electrons.